The standard InChI is InChI=1S/C13H18FNO5S2/c1-20-7-6-15-12-8-21(16,17)9-13(12)22(18,19)11-4-2-10(14)3-5-11/h2-5,12-13,15H,6-9H2,1H3/t12-,13-/m1/s1. The molecule has 1 saturated heterocycles. The van der Waals surface area contributed by atoms with Crippen LogP contribution in [0.25, 0.3) is 0 Å². The van der Waals surface area contributed by atoms with Gasteiger partial charge in [0, 0.05) is 19.7 Å². The van der Waals surface area contributed by atoms with E-state index < -0.39 is 42.5 Å². The number of hydrogen-bond donors (Lipinski definition) is 1. The summed E-state index contributed by atoms with van der Waals surface area (Å²) in [6.45, 7) is 0.700. The lowest BCUT2D eigenvalue weighted by atomic mass is 10.2. The van der Waals surface area contributed by atoms with E-state index in [4.69, 9.17) is 4.74 Å². The third kappa shape index (κ3) is 3.83. The lowest BCUT2D eigenvalue weighted by molar-refractivity contribution is 0.196. The van der Waals surface area contributed by atoms with E-state index in [1.165, 1.54) is 7.11 Å². The number of nitrogens with one attached hydrogen (secondary N) is 1. The second kappa shape index (κ2) is 6.61. The summed E-state index contributed by atoms with van der Waals surface area (Å²) in [5, 5.41) is 1.83. The summed E-state index contributed by atoms with van der Waals surface area (Å²) in [6, 6.07) is 3.70. The van der Waals surface area contributed by atoms with Crippen LogP contribution in [-0.4, -0.2) is 59.9 Å². The highest BCUT2D eigenvalue weighted by molar-refractivity contribution is 7.96. The monoisotopic (exact) mass is 351 g/mol. The highest BCUT2D eigenvalue weighted by Crippen LogP contribution is 2.26. The molecule has 22 heavy (non-hydrogen) atoms. The molecule has 0 aliphatic carbocycles. The Balaban J connectivity index is 2.28. The Morgan fingerprint density at radius 1 is 1.27 bits per heavy atom. The molecular formula is C13H18FNO5S2. The van der Waals surface area contributed by atoms with Crippen LogP contribution in [0.3, 0.4) is 0 Å². The van der Waals surface area contributed by atoms with Gasteiger partial charge in [-0.15, -0.1) is 0 Å². The first-order chi connectivity index (χ1) is 10.3. The van der Waals surface area contributed by atoms with Crippen LogP contribution >= 0.6 is 0 Å². The van der Waals surface area contributed by atoms with Crippen LogP contribution in [0.15, 0.2) is 29.2 Å². The van der Waals surface area contributed by atoms with Gasteiger partial charge < -0.3 is 10.1 Å². The fourth-order valence-corrected chi connectivity index (χ4v) is 7.17. The fourth-order valence-electron chi connectivity index (χ4n) is 2.46. The van der Waals surface area contributed by atoms with E-state index in [1.54, 1.807) is 0 Å². The molecule has 0 unspecified atom stereocenters. The molecule has 0 bridgehead atoms. The summed E-state index contributed by atoms with van der Waals surface area (Å²) >= 11 is 0. The van der Waals surface area contributed by atoms with Crippen molar-refractivity contribution < 1.29 is 26.0 Å². The second-order valence-electron chi connectivity index (χ2n) is 5.17. The Bertz CT molecular complexity index is 715. The molecule has 1 aromatic rings. The number of benzene rings is 1. The molecule has 0 saturated carbocycles. The molecule has 124 valence electrons. The van der Waals surface area contributed by atoms with Gasteiger partial charge >= 0.3 is 0 Å². The van der Waals surface area contributed by atoms with Crippen LogP contribution < -0.4 is 5.32 Å². The SMILES string of the molecule is COCCN[C@@H]1CS(=O)(=O)C[C@H]1S(=O)(=O)c1ccc(F)cc1. The van der Waals surface area contributed by atoms with Crippen molar-refractivity contribution in [2.24, 2.45) is 0 Å². The van der Waals surface area contributed by atoms with E-state index in [0.717, 1.165) is 24.3 Å². The van der Waals surface area contributed by atoms with Gasteiger partial charge in [-0.2, -0.15) is 0 Å². The van der Waals surface area contributed by atoms with Crippen LogP contribution in [0.1, 0.15) is 0 Å². The normalized spacial score (nSPS) is 24.5. The summed E-state index contributed by atoms with van der Waals surface area (Å²) in [7, 11) is -5.80. The summed E-state index contributed by atoms with van der Waals surface area (Å²) in [4.78, 5) is -0.0745. The van der Waals surface area contributed by atoms with Crippen molar-refractivity contribution >= 4 is 19.7 Å². The molecule has 1 aliphatic rings. The number of hydrogen-bond acceptors (Lipinski definition) is 6. The van der Waals surface area contributed by atoms with Crippen LogP contribution in [0.5, 0.6) is 0 Å². The van der Waals surface area contributed by atoms with E-state index in [1.807, 2.05) is 0 Å². The van der Waals surface area contributed by atoms with Gasteiger partial charge in [-0.3, -0.25) is 0 Å². The summed E-state index contributed by atoms with van der Waals surface area (Å²) in [5.41, 5.74) is 0. The first-order valence-corrected chi connectivity index (χ1v) is 10.1. The van der Waals surface area contributed by atoms with Gasteiger partial charge in [0.25, 0.3) is 0 Å². The van der Waals surface area contributed by atoms with Crippen molar-refractivity contribution in [2.75, 3.05) is 31.8 Å². The zero-order valence-corrected chi connectivity index (χ0v) is 13.7. The summed E-state index contributed by atoms with van der Waals surface area (Å²) < 4.78 is 66.7. The number of rotatable bonds is 6. The lowest BCUT2D eigenvalue weighted by Crippen LogP contribution is -2.44. The number of methoxy groups -OCH3 is 1. The molecule has 0 radical (unpaired) electrons. The average molecular weight is 351 g/mol. The van der Waals surface area contributed by atoms with Gasteiger partial charge in [-0.05, 0) is 24.3 Å². The molecular weight excluding hydrogens is 333 g/mol. The molecule has 2 rings (SSSR count). The van der Waals surface area contributed by atoms with E-state index >= 15 is 0 Å². The Morgan fingerprint density at radius 2 is 1.91 bits per heavy atom. The molecule has 1 fully saturated rings. The van der Waals surface area contributed by atoms with Crippen LogP contribution in [0, 0.1) is 5.82 Å². The fraction of sp³-hybridized carbons (Fsp3) is 0.538. The molecule has 2 atom stereocenters. The average Bonchev–Trinajstić information content (AvgIpc) is 2.75. The van der Waals surface area contributed by atoms with Crippen molar-refractivity contribution in [1.82, 2.24) is 5.32 Å². The highest BCUT2D eigenvalue weighted by Gasteiger charge is 2.45. The zero-order valence-electron chi connectivity index (χ0n) is 12.0. The van der Waals surface area contributed by atoms with Gasteiger partial charge in [-0.25, -0.2) is 21.2 Å². The zero-order chi connectivity index (χ0) is 16.4. The predicted octanol–water partition coefficient (Wildman–Crippen LogP) is 0.00100. The third-order valence-corrected chi connectivity index (χ3v) is 7.72. The summed E-state index contributed by atoms with van der Waals surface area (Å²) in [6.07, 6.45) is 0. The van der Waals surface area contributed by atoms with Crippen molar-refractivity contribution in [3.63, 3.8) is 0 Å². The van der Waals surface area contributed by atoms with Gasteiger partial charge in [0.15, 0.2) is 19.7 Å². The van der Waals surface area contributed by atoms with Crippen molar-refractivity contribution in [2.45, 2.75) is 16.2 Å². The first-order valence-electron chi connectivity index (χ1n) is 6.68. The first kappa shape index (κ1) is 17.3. The molecule has 1 aliphatic heterocycles. The lowest BCUT2D eigenvalue weighted by Gasteiger charge is -2.19. The van der Waals surface area contributed by atoms with Gasteiger partial charge in [0.2, 0.25) is 0 Å². The van der Waals surface area contributed by atoms with Crippen LogP contribution in [-0.2, 0) is 24.4 Å². The second-order valence-corrected chi connectivity index (χ2v) is 9.49. The van der Waals surface area contributed by atoms with Crippen molar-refractivity contribution in [3.05, 3.63) is 30.1 Å². The van der Waals surface area contributed by atoms with E-state index in [2.05, 4.69) is 5.32 Å². The minimum atomic E-state index is -3.86. The Kier molecular flexibility index (Phi) is 5.21. The number of sulfone groups is 2. The van der Waals surface area contributed by atoms with Crippen LogP contribution in [0.4, 0.5) is 4.39 Å². The Hall–Kier alpha value is -1.03. The highest BCUT2D eigenvalue weighted by atomic mass is 32.2. The maximum Gasteiger partial charge on any atom is 0.183 e. The molecule has 1 heterocycles. The van der Waals surface area contributed by atoms with Gasteiger partial charge in [0.05, 0.1) is 28.3 Å². The van der Waals surface area contributed by atoms with Gasteiger partial charge in [-0.1, -0.05) is 0 Å². The molecule has 0 amide bonds. The topological polar surface area (TPSA) is 89.5 Å². The molecule has 9 heteroatoms. The smallest absolute Gasteiger partial charge is 0.183 e. The van der Waals surface area contributed by atoms with Crippen LogP contribution in [0.2, 0.25) is 0 Å². The minimum Gasteiger partial charge on any atom is -0.383 e. The van der Waals surface area contributed by atoms with Gasteiger partial charge in [0.1, 0.15) is 5.82 Å². The number of ether oxygens (including phenoxy) is 1. The Morgan fingerprint density at radius 3 is 2.50 bits per heavy atom. The molecule has 6 nitrogen and oxygen atoms in total. The Labute approximate surface area is 129 Å². The minimum absolute atomic E-state index is 0.0745. The number of halogens is 1. The molecule has 0 spiro atoms. The molecule has 0 aromatic heterocycles. The predicted molar refractivity (Wildman–Crippen MR) is 79.7 cm³/mol. The van der Waals surface area contributed by atoms with Crippen molar-refractivity contribution in [3.8, 4) is 0 Å². The maximum atomic E-state index is 12.9. The van der Waals surface area contributed by atoms with E-state index in [-0.39, 0.29) is 10.6 Å². The quantitative estimate of drug-likeness (QED) is 0.573. The largest absolute Gasteiger partial charge is 0.383 e. The maximum absolute atomic E-state index is 12.9. The summed E-state index contributed by atoms with van der Waals surface area (Å²) in [5.74, 6) is -1.22. The molecule has 1 N–H and O–H groups in total. The van der Waals surface area contributed by atoms with E-state index in [9.17, 15) is 21.2 Å². The van der Waals surface area contributed by atoms with E-state index in [0.29, 0.717) is 13.2 Å². The molecule has 1 aromatic carbocycles. The third-order valence-electron chi connectivity index (χ3n) is 3.55. The van der Waals surface area contributed by atoms with Crippen molar-refractivity contribution in [1.29, 1.82) is 0 Å².